The molecule has 0 aliphatic heterocycles. The van der Waals surface area contributed by atoms with Gasteiger partial charge in [-0.2, -0.15) is 13.0 Å². The molecule has 0 saturated heterocycles. The molecule has 1 rings (SSSR count). The zero-order valence-electron chi connectivity index (χ0n) is 7.27. The van der Waals surface area contributed by atoms with Gasteiger partial charge in [0.1, 0.15) is 7.05 Å². The summed E-state index contributed by atoms with van der Waals surface area (Å²) in [7, 11) is -1.71. The maximum atomic E-state index is 10.7. The zero-order chi connectivity index (χ0) is 9.19. The van der Waals surface area contributed by atoms with E-state index in [4.69, 9.17) is 0 Å². The third-order valence-corrected chi connectivity index (χ3v) is 1.72. The lowest BCUT2D eigenvalue weighted by Gasteiger charge is -1.98. The van der Waals surface area contributed by atoms with Gasteiger partial charge in [0.2, 0.25) is 0 Å². The molecule has 0 N–H and O–H groups in total. The van der Waals surface area contributed by atoms with Crippen molar-refractivity contribution < 1.29 is 41.1 Å². The van der Waals surface area contributed by atoms with Gasteiger partial charge in [0.25, 0.3) is 0 Å². The summed E-state index contributed by atoms with van der Waals surface area (Å²) in [5.74, 6) is 0.306. The van der Waals surface area contributed by atoms with Crippen molar-refractivity contribution in [1.29, 1.82) is 0 Å². The molecule has 13 heavy (non-hydrogen) atoms. The van der Waals surface area contributed by atoms with Crippen LogP contribution in [0.1, 0.15) is 0 Å². The number of rotatable bonds is 2. The van der Waals surface area contributed by atoms with E-state index in [0.29, 0.717) is 5.88 Å². The van der Waals surface area contributed by atoms with Crippen molar-refractivity contribution in [2.24, 2.45) is 7.05 Å². The Hall–Kier alpha value is -0.370. The zero-order valence-corrected chi connectivity index (χ0v) is 10.2. The number of hydrogen-bond donors (Lipinski definition) is 0. The van der Waals surface area contributed by atoms with Gasteiger partial charge in [0, 0.05) is 6.07 Å². The van der Waals surface area contributed by atoms with Gasteiger partial charge in [0.15, 0.2) is 6.20 Å². The minimum atomic E-state index is -3.42. The van der Waals surface area contributed by atoms with Gasteiger partial charge in [-0.25, -0.2) is 0 Å². The van der Waals surface area contributed by atoms with Gasteiger partial charge in [0.05, 0.1) is 12.3 Å². The van der Waals surface area contributed by atoms with Crippen LogP contribution >= 0.6 is 0 Å². The van der Waals surface area contributed by atoms with E-state index in [0.717, 1.165) is 6.26 Å². The van der Waals surface area contributed by atoms with Crippen LogP contribution in [0.15, 0.2) is 24.4 Å². The minimum Gasteiger partial charge on any atom is -1.00 e. The number of pyridine rings is 1. The predicted octanol–water partition coefficient (Wildman–Crippen LogP) is -3.15. The molecule has 0 aliphatic carbocycles. The molecule has 0 aromatic carbocycles. The summed E-state index contributed by atoms with van der Waals surface area (Å²) >= 11 is 0. The Morgan fingerprint density at radius 1 is 1.38 bits per heavy atom. The summed E-state index contributed by atoms with van der Waals surface area (Å²) in [6.45, 7) is 0. The van der Waals surface area contributed by atoms with Crippen LogP contribution in [-0.2, 0) is 17.2 Å². The van der Waals surface area contributed by atoms with E-state index in [9.17, 15) is 8.42 Å². The molecule has 1 aromatic rings. The number of aromatic nitrogens is 1. The fraction of sp³-hybridized carbons (Fsp3) is 0.286. The van der Waals surface area contributed by atoms with Crippen molar-refractivity contribution in [3.8, 4) is 5.88 Å². The Bertz CT molecular complexity index is 377. The van der Waals surface area contributed by atoms with Crippen molar-refractivity contribution in [3.63, 3.8) is 0 Å². The molecular formula is C7H10INO3S. The largest absolute Gasteiger partial charge is 1.00 e. The molecule has 0 amide bonds. The lowest BCUT2D eigenvalue weighted by Crippen LogP contribution is -3.00. The number of aryl methyl sites for hydroxylation is 1. The van der Waals surface area contributed by atoms with Crippen LogP contribution in [0, 0.1) is 0 Å². The topological polar surface area (TPSA) is 47.2 Å². The second-order valence-corrected chi connectivity index (χ2v) is 4.01. The minimum absolute atomic E-state index is 0. The Balaban J connectivity index is 0.00000144. The molecule has 0 aliphatic rings. The van der Waals surface area contributed by atoms with Gasteiger partial charge in [-0.1, -0.05) is 0 Å². The van der Waals surface area contributed by atoms with Gasteiger partial charge in [-0.3, -0.25) is 0 Å². The third-order valence-electron chi connectivity index (χ3n) is 1.24. The summed E-state index contributed by atoms with van der Waals surface area (Å²) in [4.78, 5) is 0. The number of nitrogens with zero attached hydrogens (tertiary/aromatic N) is 1. The van der Waals surface area contributed by atoms with Gasteiger partial charge >= 0.3 is 16.0 Å². The third kappa shape index (κ3) is 4.41. The summed E-state index contributed by atoms with van der Waals surface area (Å²) in [6.07, 6.45) is 2.72. The molecule has 0 radical (unpaired) electrons. The Labute approximate surface area is 94.7 Å². The van der Waals surface area contributed by atoms with E-state index in [1.54, 1.807) is 36.0 Å². The summed E-state index contributed by atoms with van der Waals surface area (Å²) in [5, 5.41) is 0. The molecule has 0 atom stereocenters. The van der Waals surface area contributed by atoms with Crippen LogP contribution < -0.4 is 32.7 Å². The van der Waals surface area contributed by atoms with Crippen LogP contribution in [0.5, 0.6) is 5.88 Å². The van der Waals surface area contributed by atoms with Crippen molar-refractivity contribution in [2.75, 3.05) is 6.26 Å². The maximum Gasteiger partial charge on any atom is 0.383 e. The van der Waals surface area contributed by atoms with Crippen LogP contribution in [0.4, 0.5) is 0 Å². The van der Waals surface area contributed by atoms with Crippen molar-refractivity contribution in [1.82, 2.24) is 0 Å². The highest BCUT2D eigenvalue weighted by atomic mass is 127. The summed E-state index contributed by atoms with van der Waals surface area (Å²) < 4.78 is 27.7. The van der Waals surface area contributed by atoms with Crippen molar-refractivity contribution in [3.05, 3.63) is 24.4 Å². The first kappa shape index (κ1) is 12.6. The predicted molar refractivity (Wildman–Crippen MR) is 43.1 cm³/mol. The van der Waals surface area contributed by atoms with Crippen LogP contribution in [0.25, 0.3) is 0 Å². The fourth-order valence-corrected chi connectivity index (χ4v) is 1.23. The quantitative estimate of drug-likeness (QED) is 0.329. The molecule has 6 heteroatoms. The SMILES string of the molecule is C[n+]1ccccc1OS(C)(=O)=O.[I-]. The Kier molecular flexibility index (Phi) is 4.62. The van der Waals surface area contributed by atoms with Gasteiger partial charge in [-0.05, 0) is 6.07 Å². The highest BCUT2D eigenvalue weighted by Crippen LogP contribution is 2.02. The Morgan fingerprint density at radius 3 is 2.46 bits per heavy atom. The molecule has 0 fully saturated rings. The molecule has 4 nitrogen and oxygen atoms in total. The first-order valence-corrected chi connectivity index (χ1v) is 5.15. The number of halogens is 1. The first-order valence-electron chi connectivity index (χ1n) is 3.33. The number of hydrogen-bond acceptors (Lipinski definition) is 3. The summed E-state index contributed by atoms with van der Waals surface area (Å²) in [5.41, 5.74) is 0. The monoisotopic (exact) mass is 315 g/mol. The smallest absolute Gasteiger partial charge is 0.383 e. The van der Waals surface area contributed by atoms with E-state index in [2.05, 4.69) is 4.18 Å². The first-order chi connectivity index (χ1) is 5.49. The average molecular weight is 315 g/mol. The molecule has 0 bridgehead atoms. The highest BCUT2D eigenvalue weighted by Gasteiger charge is 2.11. The van der Waals surface area contributed by atoms with E-state index < -0.39 is 10.1 Å². The summed E-state index contributed by atoms with van der Waals surface area (Å²) in [6, 6.07) is 5.08. The second kappa shape index (κ2) is 4.75. The molecule has 74 valence electrons. The van der Waals surface area contributed by atoms with E-state index in [1.165, 1.54) is 0 Å². The van der Waals surface area contributed by atoms with Crippen molar-refractivity contribution >= 4 is 10.1 Å². The second-order valence-electron chi connectivity index (χ2n) is 2.44. The van der Waals surface area contributed by atoms with Crippen molar-refractivity contribution in [2.45, 2.75) is 0 Å². The van der Waals surface area contributed by atoms with Crippen LogP contribution in [0.2, 0.25) is 0 Å². The average Bonchev–Trinajstić information content (AvgIpc) is 1.91. The van der Waals surface area contributed by atoms with Crippen LogP contribution in [0.3, 0.4) is 0 Å². The van der Waals surface area contributed by atoms with Gasteiger partial charge in [-0.15, -0.1) is 0 Å². The lowest BCUT2D eigenvalue weighted by molar-refractivity contribution is -0.674. The molecular weight excluding hydrogens is 305 g/mol. The fourth-order valence-electron chi connectivity index (χ4n) is 0.749. The normalized spacial score (nSPS) is 10.3. The molecule has 0 unspecified atom stereocenters. The molecule has 0 saturated carbocycles. The van der Waals surface area contributed by atoms with Crippen LogP contribution in [-0.4, -0.2) is 14.7 Å². The maximum absolute atomic E-state index is 10.7. The Morgan fingerprint density at radius 2 is 2.00 bits per heavy atom. The molecule has 1 aromatic heterocycles. The molecule has 0 spiro atoms. The van der Waals surface area contributed by atoms with E-state index >= 15 is 0 Å². The standard InChI is InChI=1S/C7H10NO3S.HI/c1-8-6-4-3-5-7(8)11-12(2,9)10;/h3-6H,1-2H3;1H/q+1;/p-1. The molecule has 1 heterocycles. The lowest BCUT2D eigenvalue weighted by atomic mass is 10.5. The van der Waals surface area contributed by atoms with E-state index in [1.807, 2.05) is 0 Å². The van der Waals surface area contributed by atoms with E-state index in [-0.39, 0.29) is 24.0 Å². The highest BCUT2D eigenvalue weighted by molar-refractivity contribution is 7.86. The van der Waals surface area contributed by atoms with Gasteiger partial charge < -0.3 is 28.2 Å².